The van der Waals surface area contributed by atoms with Crippen molar-refractivity contribution in [2.75, 3.05) is 18.8 Å². The summed E-state index contributed by atoms with van der Waals surface area (Å²) in [6.07, 6.45) is 5.35. The number of hydrogen-bond acceptors (Lipinski definition) is 7. The van der Waals surface area contributed by atoms with E-state index >= 15 is 0 Å². The second kappa shape index (κ2) is 8.49. The number of halogens is 1. The number of nitrogen functional groups attached to an aromatic ring is 1. The van der Waals surface area contributed by atoms with Crippen LogP contribution in [-0.2, 0) is 6.61 Å². The van der Waals surface area contributed by atoms with Crippen LogP contribution in [0.3, 0.4) is 0 Å². The molecule has 3 aromatic heterocycles. The number of anilines is 1. The van der Waals surface area contributed by atoms with Crippen molar-refractivity contribution >= 4 is 28.5 Å². The Hall–Kier alpha value is -3.23. The first-order valence-electron chi connectivity index (χ1n) is 10.2. The Morgan fingerprint density at radius 3 is 2.90 bits per heavy atom. The van der Waals surface area contributed by atoms with Gasteiger partial charge in [0.25, 0.3) is 0 Å². The Balaban J connectivity index is 1.49. The third-order valence-corrected chi connectivity index (χ3v) is 5.74. The molecule has 1 aliphatic heterocycles. The van der Waals surface area contributed by atoms with E-state index < -0.39 is 0 Å². The van der Waals surface area contributed by atoms with Crippen LogP contribution < -0.4 is 15.8 Å². The number of nitrogens with two attached hydrogens (primary N) is 1. The minimum Gasteiger partial charge on any atom is -0.486 e. The number of ether oxygens (including phenoxy) is 1. The molecule has 0 radical (unpaired) electrons. The highest BCUT2D eigenvalue weighted by Crippen LogP contribution is 2.36. The van der Waals surface area contributed by atoms with Crippen LogP contribution in [0.1, 0.15) is 24.6 Å². The molecule has 1 aliphatic rings. The van der Waals surface area contributed by atoms with Gasteiger partial charge in [0.05, 0.1) is 22.1 Å². The minimum atomic E-state index is 0.218. The minimum absolute atomic E-state index is 0.218. The number of pyridine rings is 1. The van der Waals surface area contributed by atoms with E-state index in [9.17, 15) is 0 Å². The van der Waals surface area contributed by atoms with Crippen molar-refractivity contribution in [2.24, 2.45) is 0 Å². The molecule has 1 fully saturated rings. The van der Waals surface area contributed by atoms with Gasteiger partial charge in [-0.1, -0.05) is 17.7 Å². The van der Waals surface area contributed by atoms with Crippen LogP contribution in [-0.4, -0.2) is 37.8 Å². The van der Waals surface area contributed by atoms with Crippen molar-refractivity contribution in [1.29, 1.82) is 0 Å². The molecule has 3 N–H and O–H groups in total. The van der Waals surface area contributed by atoms with Crippen LogP contribution in [0.2, 0.25) is 5.02 Å². The molecule has 158 valence electrons. The van der Waals surface area contributed by atoms with Crippen LogP contribution in [0.5, 0.6) is 5.75 Å². The molecule has 8 nitrogen and oxygen atoms in total. The van der Waals surface area contributed by atoms with Crippen molar-refractivity contribution in [3.8, 4) is 17.0 Å². The van der Waals surface area contributed by atoms with Crippen LogP contribution in [0.15, 0.2) is 48.9 Å². The van der Waals surface area contributed by atoms with Gasteiger partial charge in [0.15, 0.2) is 5.65 Å². The van der Waals surface area contributed by atoms with Gasteiger partial charge in [-0.05, 0) is 49.7 Å². The number of nitrogens with one attached hydrogen (secondary N) is 1. The maximum Gasteiger partial charge on any atom is 0.164 e. The molecule has 5 rings (SSSR count). The summed E-state index contributed by atoms with van der Waals surface area (Å²) in [7, 11) is 0. The average Bonchev–Trinajstić information content (AvgIpc) is 3.21. The van der Waals surface area contributed by atoms with Crippen LogP contribution >= 0.6 is 11.6 Å². The summed E-state index contributed by atoms with van der Waals surface area (Å²) in [5.74, 6) is 0.988. The molecule has 0 bridgehead atoms. The molecule has 4 heterocycles. The predicted octanol–water partition coefficient (Wildman–Crippen LogP) is 3.63. The monoisotopic (exact) mass is 435 g/mol. The first kappa shape index (κ1) is 19.7. The fraction of sp³-hybridized carbons (Fsp3) is 0.273. The largest absolute Gasteiger partial charge is 0.486 e. The highest BCUT2D eigenvalue weighted by Gasteiger charge is 2.23. The topological polar surface area (TPSA) is 104 Å². The lowest BCUT2D eigenvalue weighted by Gasteiger charge is -2.23. The number of rotatable bonds is 5. The maximum atomic E-state index is 6.54. The van der Waals surface area contributed by atoms with Crippen molar-refractivity contribution in [1.82, 2.24) is 30.0 Å². The fourth-order valence-corrected chi connectivity index (χ4v) is 4.13. The van der Waals surface area contributed by atoms with Crippen molar-refractivity contribution in [2.45, 2.75) is 25.5 Å². The molecule has 0 spiro atoms. The van der Waals surface area contributed by atoms with E-state index in [-0.39, 0.29) is 6.04 Å². The SMILES string of the molecule is Nc1ncnc2c1c(-c1ccc(OCc3ccccn3)c(Cl)c1)nn2C1CCCNC1. The van der Waals surface area contributed by atoms with Gasteiger partial charge in [0.2, 0.25) is 0 Å². The average molecular weight is 436 g/mol. The van der Waals surface area contributed by atoms with Gasteiger partial charge in [-0.2, -0.15) is 5.10 Å². The highest BCUT2D eigenvalue weighted by atomic mass is 35.5. The molecule has 0 saturated carbocycles. The lowest BCUT2D eigenvalue weighted by molar-refractivity contribution is 0.301. The number of hydrogen-bond donors (Lipinski definition) is 2. The Labute approximate surface area is 184 Å². The van der Waals surface area contributed by atoms with Crippen molar-refractivity contribution in [3.63, 3.8) is 0 Å². The molecule has 31 heavy (non-hydrogen) atoms. The zero-order valence-corrected chi connectivity index (χ0v) is 17.6. The van der Waals surface area contributed by atoms with Crippen LogP contribution in [0.25, 0.3) is 22.3 Å². The quantitative estimate of drug-likeness (QED) is 0.493. The van der Waals surface area contributed by atoms with E-state index in [0.29, 0.717) is 23.2 Å². The fourth-order valence-electron chi connectivity index (χ4n) is 3.89. The Morgan fingerprint density at radius 1 is 1.19 bits per heavy atom. The van der Waals surface area contributed by atoms with Crippen molar-refractivity contribution in [3.05, 3.63) is 59.6 Å². The maximum absolute atomic E-state index is 6.54. The summed E-state index contributed by atoms with van der Waals surface area (Å²) >= 11 is 6.54. The zero-order chi connectivity index (χ0) is 21.2. The molecule has 1 atom stereocenters. The number of piperidine rings is 1. The molecule has 0 amide bonds. The van der Waals surface area contributed by atoms with E-state index in [0.717, 1.165) is 53.9 Å². The smallest absolute Gasteiger partial charge is 0.164 e. The first-order chi connectivity index (χ1) is 15.2. The van der Waals surface area contributed by atoms with E-state index in [1.807, 2.05) is 41.1 Å². The molecule has 9 heteroatoms. The van der Waals surface area contributed by atoms with E-state index in [2.05, 4.69) is 20.3 Å². The van der Waals surface area contributed by atoms with E-state index in [1.54, 1.807) is 6.20 Å². The number of benzene rings is 1. The number of aromatic nitrogens is 5. The summed E-state index contributed by atoms with van der Waals surface area (Å²) in [6, 6.07) is 11.5. The summed E-state index contributed by atoms with van der Waals surface area (Å²) in [5, 5.41) is 9.55. The van der Waals surface area contributed by atoms with Crippen molar-refractivity contribution < 1.29 is 4.74 Å². The van der Waals surface area contributed by atoms with E-state index in [1.165, 1.54) is 6.33 Å². The molecule has 4 aromatic rings. The lowest BCUT2D eigenvalue weighted by Crippen LogP contribution is -2.32. The molecule has 1 saturated heterocycles. The lowest BCUT2D eigenvalue weighted by atomic mass is 10.1. The van der Waals surface area contributed by atoms with Crippen LogP contribution in [0, 0.1) is 0 Å². The highest BCUT2D eigenvalue weighted by molar-refractivity contribution is 6.32. The summed E-state index contributed by atoms with van der Waals surface area (Å²) < 4.78 is 7.81. The first-order valence-corrected chi connectivity index (χ1v) is 10.6. The molecular formula is C22H22ClN7O. The van der Waals surface area contributed by atoms with Gasteiger partial charge in [0.1, 0.15) is 30.2 Å². The van der Waals surface area contributed by atoms with Gasteiger partial charge in [0, 0.05) is 18.3 Å². The Bertz CT molecular complexity index is 1210. The summed E-state index contributed by atoms with van der Waals surface area (Å²) in [5.41, 5.74) is 9.36. The molecule has 0 aliphatic carbocycles. The third-order valence-electron chi connectivity index (χ3n) is 5.44. The summed E-state index contributed by atoms with van der Waals surface area (Å²) in [4.78, 5) is 12.9. The van der Waals surface area contributed by atoms with Gasteiger partial charge < -0.3 is 15.8 Å². The standard InChI is InChI=1S/C22H22ClN7O/c23-17-10-14(6-7-18(17)31-12-15-4-1-2-9-26-15)20-19-21(24)27-13-28-22(19)30(29-20)16-5-3-8-25-11-16/h1-2,4,6-7,9-10,13,16,25H,3,5,8,11-12H2,(H2,24,27,28). The van der Waals surface area contributed by atoms with E-state index in [4.69, 9.17) is 27.2 Å². The second-order valence-electron chi connectivity index (χ2n) is 7.51. The Kier molecular flexibility index (Phi) is 5.40. The van der Waals surface area contributed by atoms with Gasteiger partial charge in [-0.3, -0.25) is 4.98 Å². The number of fused-ring (bicyclic) bond motifs is 1. The Morgan fingerprint density at radius 2 is 2.13 bits per heavy atom. The van der Waals surface area contributed by atoms with Gasteiger partial charge in [-0.15, -0.1) is 0 Å². The summed E-state index contributed by atoms with van der Waals surface area (Å²) in [6.45, 7) is 2.21. The number of nitrogens with zero attached hydrogens (tertiary/aromatic N) is 5. The predicted molar refractivity (Wildman–Crippen MR) is 120 cm³/mol. The van der Waals surface area contributed by atoms with Gasteiger partial charge in [-0.25, -0.2) is 14.6 Å². The normalized spacial score (nSPS) is 16.5. The molecular weight excluding hydrogens is 414 g/mol. The third kappa shape index (κ3) is 3.92. The molecule has 1 aromatic carbocycles. The second-order valence-corrected chi connectivity index (χ2v) is 7.91. The molecule has 1 unspecified atom stereocenters. The zero-order valence-electron chi connectivity index (χ0n) is 16.8. The van der Waals surface area contributed by atoms with Gasteiger partial charge >= 0.3 is 0 Å². The van der Waals surface area contributed by atoms with Crippen LogP contribution in [0.4, 0.5) is 5.82 Å².